The number of hydrogen-bond donors (Lipinski definition) is 0. The van der Waals surface area contributed by atoms with Crippen molar-refractivity contribution in [2.75, 3.05) is 0 Å². The van der Waals surface area contributed by atoms with Crippen molar-refractivity contribution in [2.45, 2.75) is 26.2 Å². The second-order valence-corrected chi connectivity index (χ2v) is 6.71. The number of fused-ring (bicyclic) bond motifs is 4. The summed E-state index contributed by atoms with van der Waals surface area (Å²) in [6.45, 7) is 6.48. The summed E-state index contributed by atoms with van der Waals surface area (Å²) in [4.78, 5) is 4.50. The van der Waals surface area contributed by atoms with E-state index in [0.717, 1.165) is 33.0 Å². The third-order valence-corrected chi connectivity index (χ3v) is 4.05. The van der Waals surface area contributed by atoms with Gasteiger partial charge in [-0.3, -0.25) is 0 Å². The first-order valence-electron chi connectivity index (χ1n) is 7.35. The quantitative estimate of drug-likeness (QED) is 0.426. The smallest absolute Gasteiger partial charge is 0.227 e. The maximum absolute atomic E-state index is 13.5. The van der Waals surface area contributed by atoms with Crippen LogP contribution >= 0.6 is 0 Å². The van der Waals surface area contributed by atoms with Gasteiger partial charge in [0.2, 0.25) is 5.89 Å². The molecule has 2 aliphatic heterocycles. The summed E-state index contributed by atoms with van der Waals surface area (Å²) < 4.78 is 19.6. The second-order valence-electron chi connectivity index (χ2n) is 6.71. The topological polar surface area (TPSA) is 26.0 Å². The van der Waals surface area contributed by atoms with Crippen molar-refractivity contribution in [1.82, 2.24) is 4.98 Å². The normalized spacial score (nSPS) is 12.5. The van der Waals surface area contributed by atoms with Crippen molar-refractivity contribution in [2.24, 2.45) is 0 Å². The van der Waals surface area contributed by atoms with Gasteiger partial charge in [-0.1, -0.05) is 39.0 Å². The lowest BCUT2D eigenvalue weighted by atomic mass is 9.86. The molecule has 0 amide bonds. The van der Waals surface area contributed by atoms with Crippen LogP contribution in [0.5, 0.6) is 0 Å². The third-order valence-electron chi connectivity index (χ3n) is 4.05. The zero-order valence-electron chi connectivity index (χ0n) is 12.8. The Kier molecular flexibility index (Phi) is 2.59. The van der Waals surface area contributed by atoms with E-state index in [1.165, 1.54) is 12.1 Å². The Morgan fingerprint density at radius 1 is 1.05 bits per heavy atom. The Morgan fingerprint density at radius 3 is 2.64 bits per heavy atom. The monoisotopic (exact) mass is 293 g/mol. The molecule has 0 saturated heterocycles. The van der Waals surface area contributed by atoms with Crippen LogP contribution in [0.1, 0.15) is 26.3 Å². The Balaban J connectivity index is 2.14. The lowest BCUT2D eigenvalue weighted by molar-refractivity contribution is 0.554. The van der Waals surface area contributed by atoms with Gasteiger partial charge in [-0.25, -0.2) is 9.37 Å². The molecular formula is C19H16FNO. The molecule has 0 unspecified atom stereocenters. The highest BCUT2D eigenvalue weighted by atomic mass is 19.1. The lowest BCUT2D eigenvalue weighted by Gasteiger charge is -2.20. The molecule has 2 aliphatic rings. The SMILES string of the molecule is CC(C)(C)c1cccc2cc3c4cc(F)ccc4nc-3oc12. The van der Waals surface area contributed by atoms with Gasteiger partial charge in [-0.15, -0.1) is 0 Å². The van der Waals surface area contributed by atoms with Gasteiger partial charge >= 0.3 is 0 Å². The number of aromatic nitrogens is 1. The zero-order chi connectivity index (χ0) is 15.5. The van der Waals surface area contributed by atoms with Gasteiger partial charge in [0.05, 0.1) is 5.52 Å². The van der Waals surface area contributed by atoms with E-state index in [-0.39, 0.29) is 11.2 Å². The van der Waals surface area contributed by atoms with Crippen molar-refractivity contribution in [3.8, 4) is 11.5 Å². The minimum absolute atomic E-state index is 0.0190. The van der Waals surface area contributed by atoms with E-state index in [4.69, 9.17) is 4.42 Å². The molecule has 2 aromatic carbocycles. The molecule has 4 rings (SSSR count). The van der Waals surface area contributed by atoms with Crippen LogP contribution in [0.25, 0.3) is 33.3 Å². The summed E-state index contributed by atoms with van der Waals surface area (Å²) in [6.07, 6.45) is 0. The molecular weight excluding hydrogens is 277 g/mol. The van der Waals surface area contributed by atoms with Gasteiger partial charge in [0.25, 0.3) is 0 Å². The molecule has 2 aromatic rings. The van der Waals surface area contributed by atoms with Crippen LogP contribution in [0.15, 0.2) is 46.9 Å². The van der Waals surface area contributed by atoms with Crippen LogP contribution in [0, 0.1) is 5.82 Å². The fraction of sp³-hybridized carbons (Fsp3) is 0.211. The van der Waals surface area contributed by atoms with E-state index in [1.54, 1.807) is 6.07 Å². The number of benzene rings is 2. The largest absolute Gasteiger partial charge is 0.437 e. The van der Waals surface area contributed by atoms with Crippen LogP contribution in [-0.2, 0) is 5.41 Å². The van der Waals surface area contributed by atoms with Crippen molar-refractivity contribution in [3.63, 3.8) is 0 Å². The number of hydrogen-bond acceptors (Lipinski definition) is 2. The minimum atomic E-state index is -0.259. The van der Waals surface area contributed by atoms with Gasteiger partial charge in [0.1, 0.15) is 11.4 Å². The van der Waals surface area contributed by atoms with Gasteiger partial charge in [-0.05, 0) is 29.7 Å². The number of halogens is 1. The van der Waals surface area contributed by atoms with Crippen molar-refractivity contribution in [1.29, 1.82) is 0 Å². The highest BCUT2D eigenvalue weighted by Crippen LogP contribution is 2.38. The fourth-order valence-corrected chi connectivity index (χ4v) is 2.95. The van der Waals surface area contributed by atoms with Gasteiger partial charge < -0.3 is 4.42 Å². The summed E-state index contributed by atoms with van der Waals surface area (Å²) in [7, 11) is 0. The summed E-state index contributed by atoms with van der Waals surface area (Å²) in [5.74, 6) is 0.301. The lowest BCUT2D eigenvalue weighted by Crippen LogP contribution is -2.11. The third kappa shape index (κ3) is 1.89. The Morgan fingerprint density at radius 2 is 1.86 bits per heavy atom. The Bertz CT molecular complexity index is 978. The molecule has 0 N–H and O–H groups in total. The molecule has 0 spiro atoms. The van der Waals surface area contributed by atoms with Crippen molar-refractivity contribution >= 4 is 21.9 Å². The van der Waals surface area contributed by atoms with Gasteiger partial charge in [-0.2, -0.15) is 0 Å². The van der Waals surface area contributed by atoms with Crippen LogP contribution in [-0.4, -0.2) is 4.98 Å². The highest BCUT2D eigenvalue weighted by Gasteiger charge is 2.22. The van der Waals surface area contributed by atoms with E-state index >= 15 is 0 Å². The van der Waals surface area contributed by atoms with Crippen LogP contribution in [0.2, 0.25) is 0 Å². The first kappa shape index (κ1) is 13.3. The average molecular weight is 293 g/mol. The maximum atomic E-state index is 13.5. The molecule has 0 bridgehead atoms. The highest BCUT2D eigenvalue weighted by molar-refractivity contribution is 5.99. The summed E-state index contributed by atoms with van der Waals surface area (Å²) >= 11 is 0. The van der Waals surface area contributed by atoms with E-state index < -0.39 is 0 Å². The van der Waals surface area contributed by atoms with E-state index in [1.807, 2.05) is 18.2 Å². The van der Waals surface area contributed by atoms with Gasteiger partial charge in [0, 0.05) is 21.9 Å². The van der Waals surface area contributed by atoms with Gasteiger partial charge in [0.15, 0.2) is 0 Å². The maximum Gasteiger partial charge on any atom is 0.227 e. The Hall–Kier alpha value is -2.42. The van der Waals surface area contributed by atoms with Crippen molar-refractivity contribution < 1.29 is 8.81 Å². The molecule has 0 atom stereocenters. The molecule has 2 heterocycles. The zero-order valence-corrected chi connectivity index (χ0v) is 12.8. The predicted octanol–water partition coefficient (Wildman–Crippen LogP) is 5.52. The standard InChI is InChI=1S/C19H16FNO/c1-19(2,3)15-6-4-5-11-9-14-13-10-12(20)7-8-16(13)21-18(14)22-17(11)15/h4-10H,1-3H3. The van der Waals surface area contributed by atoms with E-state index in [2.05, 4.69) is 31.8 Å². The van der Waals surface area contributed by atoms with Crippen LogP contribution in [0.3, 0.4) is 0 Å². The van der Waals surface area contributed by atoms with Crippen molar-refractivity contribution in [3.05, 3.63) is 53.8 Å². The molecule has 110 valence electrons. The Labute approximate surface area is 127 Å². The first-order valence-corrected chi connectivity index (χ1v) is 7.35. The molecule has 2 nitrogen and oxygen atoms in total. The summed E-state index contributed by atoms with van der Waals surface area (Å²) in [5, 5.41) is 1.81. The molecule has 0 radical (unpaired) electrons. The average Bonchev–Trinajstić information content (AvgIpc) is 2.80. The second kappa shape index (κ2) is 4.29. The van der Waals surface area contributed by atoms with Crippen LogP contribution in [0.4, 0.5) is 4.39 Å². The fourth-order valence-electron chi connectivity index (χ4n) is 2.95. The summed E-state index contributed by atoms with van der Waals surface area (Å²) in [5.41, 5.74) is 3.59. The number of rotatable bonds is 0. The minimum Gasteiger partial charge on any atom is -0.437 e. The van der Waals surface area contributed by atoms with Crippen LogP contribution < -0.4 is 0 Å². The number of para-hydroxylation sites is 1. The molecule has 0 saturated carbocycles. The molecule has 0 aliphatic carbocycles. The number of nitrogens with zero attached hydrogens (tertiary/aromatic N) is 1. The molecule has 3 heteroatoms. The molecule has 0 aromatic heterocycles. The molecule has 22 heavy (non-hydrogen) atoms. The predicted molar refractivity (Wildman–Crippen MR) is 86.8 cm³/mol. The molecule has 0 fully saturated rings. The van der Waals surface area contributed by atoms with E-state index in [0.29, 0.717) is 5.89 Å². The first-order chi connectivity index (χ1) is 10.4. The van der Waals surface area contributed by atoms with E-state index in [9.17, 15) is 4.39 Å². The summed E-state index contributed by atoms with van der Waals surface area (Å²) in [6, 6.07) is 12.8.